The number of rotatable bonds is 4. The molecule has 5 nitrogen and oxygen atoms in total. The zero-order chi connectivity index (χ0) is 20.1. The van der Waals surface area contributed by atoms with Crippen molar-refractivity contribution in [3.8, 4) is 23.5 Å². The number of fused-ring (bicyclic) bond motifs is 1. The molecule has 6 heteroatoms. The minimum atomic E-state index is -3.71. The van der Waals surface area contributed by atoms with Crippen molar-refractivity contribution in [1.29, 1.82) is 0 Å². The summed E-state index contributed by atoms with van der Waals surface area (Å²) >= 11 is 0. The number of carbonyl (C=O) groups is 1. The van der Waals surface area contributed by atoms with Gasteiger partial charge in [0.25, 0.3) is 5.91 Å². The molecule has 140 valence electrons. The molecule has 0 aromatic heterocycles. The monoisotopic (exact) mass is 390 g/mol. The Kier molecular flexibility index (Phi) is 5.59. The van der Waals surface area contributed by atoms with Gasteiger partial charge < -0.3 is 5.32 Å². The topological polar surface area (TPSA) is 89.3 Å². The fourth-order valence-corrected chi connectivity index (χ4v) is 3.07. The minimum Gasteiger partial charge on any atom is -0.348 e. The van der Waals surface area contributed by atoms with Gasteiger partial charge in [0.15, 0.2) is 0 Å². The maximum atomic E-state index is 12.1. The molecule has 0 bridgehead atoms. The Morgan fingerprint density at radius 3 is 2.11 bits per heavy atom. The number of benzene rings is 3. The molecule has 2 aliphatic rings. The Morgan fingerprint density at radius 2 is 1.61 bits per heavy atom. The molecule has 0 radical (unpaired) electrons. The largest absolute Gasteiger partial charge is 0.348 e. The summed E-state index contributed by atoms with van der Waals surface area (Å²) in [6.07, 6.45) is 5.35. The highest BCUT2D eigenvalue weighted by Gasteiger charge is 2.10. The number of terminal acetylenes is 1. The van der Waals surface area contributed by atoms with Crippen molar-refractivity contribution in [1.82, 2.24) is 5.32 Å². The summed E-state index contributed by atoms with van der Waals surface area (Å²) in [4.78, 5) is 12.1. The summed E-state index contributed by atoms with van der Waals surface area (Å²) in [5.74, 6) is 2.17. The van der Waals surface area contributed by atoms with Gasteiger partial charge in [-0.1, -0.05) is 48.4 Å². The van der Waals surface area contributed by atoms with E-state index in [0.29, 0.717) is 11.1 Å². The average Bonchev–Trinajstić information content (AvgIpc) is 3.30. The standard InChI is InChI=1S/C16H14N2O3S.C6H4/c1-2-13-5-3-4-6-15(13)16(19)18-11-12-7-9-14(10-8-12)22(17,20)21;1-2-5-4-6(5)3-1/h1,3-10H,11H2,(H,18,19)(H2,17,20,21);1-4H. The van der Waals surface area contributed by atoms with E-state index in [1.54, 1.807) is 36.4 Å². The van der Waals surface area contributed by atoms with E-state index in [-0.39, 0.29) is 17.3 Å². The minimum absolute atomic E-state index is 0.0280. The quantitative estimate of drug-likeness (QED) is 0.525. The highest BCUT2D eigenvalue weighted by Crippen LogP contribution is 2.32. The zero-order valence-electron chi connectivity index (χ0n) is 14.9. The third-order valence-electron chi connectivity index (χ3n) is 4.14. The van der Waals surface area contributed by atoms with E-state index in [1.165, 1.54) is 23.3 Å². The first kappa shape index (κ1) is 19.4. The number of primary sulfonamides is 1. The van der Waals surface area contributed by atoms with Crippen molar-refractivity contribution in [3.05, 3.63) is 89.5 Å². The highest BCUT2D eigenvalue weighted by atomic mass is 32.2. The molecule has 0 atom stereocenters. The van der Waals surface area contributed by atoms with E-state index in [2.05, 4.69) is 35.5 Å². The molecular formula is C22H18N2O3S. The fourth-order valence-electron chi connectivity index (χ4n) is 2.56. The Balaban J connectivity index is 0.000000311. The maximum Gasteiger partial charge on any atom is 0.252 e. The number of sulfonamides is 1. The van der Waals surface area contributed by atoms with Crippen molar-refractivity contribution >= 4 is 15.9 Å². The second-order valence-electron chi connectivity index (χ2n) is 6.14. The van der Waals surface area contributed by atoms with E-state index in [4.69, 9.17) is 11.6 Å². The van der Waals surface area contributed by atoms with Crippen LogP contribution in [0.5, 0.6) is 0 Å². The summed E-state index contributed by atoms with van der Waals surface area (Å²) in [6, 6.07) is 21.3. The number of amides is 1. The van der Waals surface area contributed by atoms with Crippen molar-refractivity contribution in [2.75, 3.05) is 0 Å². The van der Waals surface area contributed by atoms with E-state index in [0.717, 1.165) is 5.56 Å². The molecule has 2 aliphatic carbocycles. The van der Waals surface area contributed by atoms with E-state index in [1.807, 2.05) is 0 Å². The average molecular weight is 390 g/mol. The first-order valence-electron chi connectivity index (χ1n) is 8.44. The molecule has 0 unspecified atom stereocenters. The van der Waals surface area contributed by atoms with Crippen LogP contribution in [0.3, 0.4) is 0 Å². The van der Waals surface area contributed by atoms with Crippen molar-refractivity contribution in [2.24, 2.45) is 5.14 Å². The van der Waals surface area contributed by atoms with Crippen molar-refractivity contribution in [2.45, 2.75) is 11.4 Å². The lowest BCUT2D eigenvalue weighted by Crippen LogP contribution is -2.23. The van der Waals surface area contributed by atoms with Crippen LogP contribution >= 0.6 is 0 Å². The number of nitrogens with two attached hydrogens (primary N) is 1. The molecule has 2 aromatic carbocycles. The first-order valence-corrected chi connectivity index (χ1v) is 9.99. The first-order chi connectivity index (χ1) is 13.4. The predicted molar refractivity (Wildman–Crippen MR) is 109 cm³/mol. The number of carbonyl (C=O) groups excluding carboxylic acids is 1. The number of nitrogens with one attached hydrogen (secondary N) is 1. The van der Waals surface area contributed by atoms with Crippen LogP contribution in [0.25, 0.3) is 11.1 Å². The second-order valence-corrected chi connectivity index (χ2v) is 7.70. The molecule has 4 rings (SSSR count). The Bertz CT molecular complexity index is 1140. The van der Waals surface area contributed by atoms with Gasteiger partial charge in [0.05, 0.1) is 10.5 Å². The summed E-state index contributed by atoms with van der Waals surface area (Å²) < 4.78 is 22.3. The lowest BCUT2D eigenvalue weighted by Gasteiger charge is -2.07. The van der Waals surface area contributed by atoms with Crippen LogP contribution in [0, 0.1) is 12.3 Å². The van der Waals surface area contributed by atoms with Crippen LogP contribution in [0.1, 0.15) is 21.5 Å². The van der Waals surface area contributed by atoms with Gasteiger partial charge in [-0.25, -0.2) is 13.6 Å². The molecule has 2 aromatic rings. The normalized spacial score (nSPS) is 10.9. The molecule has 3 N–H and O–H groups in total. The Hall–Kier alpha value is -3.40. The van der Waals surface area contributed by atoms with Crippen LogP contribution < -0.4 is 10.5 Å². The molecule has 28 heavy (non-hydrogen) atoms. The van der Waals surface area contributed by atoms with Crippen LogP contribution in [0.15, 0.2) is 77.7 Å². The molecule has 0 spiro atoms. The van der Waals surface area contributed by atoms with E-state index in [9.17, 15) is 13.2 Å². The zero-order valence-corrected chi connectivity index (χ0v) is 15.7. The summed E-state index contributed by atoms with van der Waals surface area (Å²) in [5, 5.41) is 7.75. The highest BCUT2D eigenvalue weighted by molar-refractivity contribution is 7.89. The van der Waals surface area contributed by atoms with Gasteiger partial charge in [-0.15, -0.1) is 6.42 Å². The number of hydrogen-bond donors (Lipinski definition) is 2. The molecule has 1 amide bonds. The van der Waals surface area contributed by atoms with Gasteiger partial charge in [-0.2, -0.15) is 0 Å². The predicted octanol–water partition coefficient (Wildman–Crippen LogP) is 2.91. The SMILES string of the molecule is C#Cc1ccccc1C(=O)NCc1ccc(S(N)(=O)=O)cc1.c1cc2cc-2c1. The van der Waals surface area contributed by atoms with Gasteiger partial charge in [0.1, 0.15) is 0 Å². The Morgan fingerprint density at radius 1 is 0.964 bits per heavy atom. The number of hydrogen-bond acceptors (Lipinski definition) is 3. The molecular weight excluding hydrogens is 372 g/mol. The smallest absolute Gasteiger partial charge is 0.252 e. The fraction of sp³-hybridized carbons (Fsp3) is 0.0455. The van der Waals surface area contributed by atoms with Gasteiger partial charge >= 0.3 is 0 Å². The molecule has 0 heterocycles. The van der Waals surface area contributed by atoms with Crippen LogP contribution in [-0.2, 0) is 16.6 Å². The molecule has 0 aliphatic heterocycles. The molecule has 0 saturated carbocycles. The van der Waals surface area contributed by atoms with Crippen molar-refractivity contribution < 1.29 is 13.2 Å². The molecule has 0 fully saturated rings. The van der Waals surface area contributed by atoms with Gasteiger partial charge in [-0.3, -0.25) is 4.79 Å². The summed E-state index contributed by atoms with van der Waals surface area (Å²) in [5.41, 5.74) is 4.54. The van der Waals surface area contributed by atoms with Crippen LogP contribution in [0.2, 0.25) is 0 Å². The van der Waals surface area contributed by atoms with Gasteiger partial charge in [0.2, 0.25) is 10.0 Å². The van der Waals surface area contributed by atoms with Crippen molar-refractivity contribution in [3.63, 3.8) is 0 Å². The van der Waals surface area contributed by atoms with E-state index >= 15 is 0 Å². The second kappa shape index (κ2) is 8.09. The van der Waals surface area contributed by atoms with Crippen LogP contribution in [0.4, 0.5) is 0 Å². The van der Waals surface area contributed by atoms with Gasteiger partial charge in [-0.05, 0) is 47.0 Å². The third kappa shape index (κ3) is 4.86. The lowest BCUT2D eigenvalue weighted by atomic mass is 10.1. The summed E-state index contributed by atoms with van der Waals surface area (Å²) in [6.45, 7) is 0.253. The van der Waals surface area contributed by atoms with Gasteiger partial charge in [0, 0.05) is 12.1 Å². The molecule has 0 saturated heterocycles. The third-order valence-corrected chi connectivity index (χ3v) is 5.07. The Labute approximate surface area is 164 Å². The lowest BCUT2D eigenvalue weighted by molar-refractivity contribution is 0.0950. The summed E-state index contributed by atoms with van der Waals surface area (Å²) in [7, 11) is -3.71. The van der Waals surface area contributed by atoms with Crippen LogP contribution in [-0.4, -0.2) is 14.3 Å². The van der Waals surface area contributed by atoms with E-state index < -0.39 is 10.0 Å². The maximum absolute atomic E-state index is 12.1.